The van der Waals surface area contributed by atoms with E-state index in [2.05, 4.69) is 11.2 Å². The second-order valence-corrected chi connectivity index (χ2v) is 4.78. The molecule has 3 aromatic rings. The summed E-state index contributed by atoms with van der Waals surface area (Å²) in [5, 5.41) is 14.0. The van der Waals surface area contributed by atoms with Gasteiger partial charge in [0.05, 0.1) is 5.69 Å². The Labute approximate surface area is 123 Å². The monoisotopic (exact) mass is 274 g/mol. The lowest BCUT2D eigenvalue weighted by molar-refractivity contribution is 0.887. The van der Waals surface area contributed by atoms with Crippen LogP contribution in [0.2, 0.25) is 0 Å². The van der Waals surface area contributed by atoms with E-state index in [9.17, 15) is 5.26 Å². The maximum Gasteiger partial charge on any atom is 0.145 e. The maximum atomic E-state index is 9.41. The van der Waals surface area contributed by atoms with E-state index >= 15 is 0 Å². The lowest BCUT2D eigenvalue weighted by atomic mass is 10.1. The molecule has 0 amide bonds. The van der Waals surface area contributed by atoms with Crippen LogP contribution in [0.1, 0.15) is 11.1 Å². The fourth-order valence-electron chi connectivity index (χ4n) is 2.32. The number of hydrogen-bond acceptors (Lipinski definition) is 3. The van der Waals surface area contributed by atoms with Crippen LogP contribution in [0, 0.1) is 18.3 Å². The van der Waals surface area contributed by atoms with E-state index in [0.717, 1.165) is 16.8 Å². The van der Waals surface area contributed by atoms with Crippen molar-refractivity contribution in [2.75, 3.05) is 5.73 Å². The average molecular weight is 274 g/mol. The Morgan fingerprint density at radius 1 is 1.05 bits per heavy atom. The second kappa shape index (κ2) is 5.14. The molecule has 4 nitrogen and oxygen atoms in total. The van der Waals surface area contributed by atoms with E-state index < -0.39 is 0 Å². The number of nitrogens with zero attached hydrogens (tertiary/aromatic N) is 3. The van der Waals surface area contributed by atoms with Gasteiger partial charge in [-0.15, -0.1) is 0 Å². The molecular weight excluding hydrogens is 260 g/mol. The van der Waals surface area contributed by atoms with Gasteiger partial charge in [0.25, 0.3) is 0 Å². The third-order valence-corrected chi connectivity index (χ3v) is 3.42. The Morgan fingerprint density at radius 2 is 1.71 bits per heavy atom. The molecule has 21 heavy (non-hydrogen) atoms. The van der Waals surface area contributed by atoms with Crippen LogP contribution >= 0.6 is 0 Å². The highest BCUT2D eigenvalue weighted by molar-refractivity contribution is 5.73. The van der Waals surface area contributed by atoms with Crippen molar-refractivity contribution in [1.29, 1.82) is 5.26 Å². The Bertz CT molecular complexity index is 826. The number of nitrogens with two attached hydrogens (primary N) is 1. The van der Waals surface area contributed by atoms with Gasteiger partial charge in [-0.3, -0.25) is 0 Å². The largest absolute Gasteiger partial charge is 0.382 e. The lowest BCUT2D eigenvalue weighted by Gasteiger charge is -2.06. The third kappa shape index (κ3) is 2.15. The summed E-state index contributed by atoms with van der Waals surface area (Å²) in [6, 6.07) is 19.6. The van der Waals surface area contributed by atoms with Crippen LogP contribution in [0.25, 0.3) is 16.9 Å². The molecule has 3 rings (SSSR count). The Balaban J connectivity index is 2.25. The van der Waals surface area contributed by atoms with Crippen molar-refractivity contribution in [3.63, 3.8) is 0 Å². The van der Waals surface area contributed by atoms with Crippen molar-refractivity contribution < 1.29 is 0 Å². The molecule has 0 fully saturated rings. The van der Waals surface area contributed by atoms with Gasteiger partial charge in [-0.25, -0.2) is 4.68 Å². The van der Waals surface area contributed by atoms with E-state index in [1.165, 1.54) is 0 Å². The fraction of sp³-hybridized carbons (Fsp3) is 0.0588. The zero-order valence-corrected chi connectivity index (χ0v) is 11.6. The summed E-state index contributed by atoms with van der Waals surface area (Å²) in [5.74, 6) is 0.366. The summed E-state index contributed by atoms with van der Waals surface area (Å²) in [6.07, 6.45) is 0. The van der Waals surface area contributed by atoms with Gasteiger partial charge in [0, 0.05) is 5.56 Å². The molecule has 1 heterocycles. The van der Waals surface area contributed by atoms with Crippen molar-refractivity contribution in [3.8, 4) is 23.0 Å². The van der Waals surface area contributed by atoms with Gasteiger partial charge < -0.3 is 5.73 Å². The Hall–Kier alpha value is -3.06. The molecule has 0 saturated carbocycles. The van der Waals surface area contributed by atoms with Gasteiger partial charge in [0.1, 0.15) is 23.1 Å². The second-order valence-electron chi connectivity index (χ2n) is 4.78. The van der Waals surface area contributed by atoms with Crippen LogP contribution < -0.4 is 5.73 Å². The van der Waals surface area contributed by atoms with Gasteiger partial charge in [0.15, 0.2) is 0 Å². The predicted octanol–water partition coefficient (Wildman–Crippen LogP) is 3.30. The van der Waals surface area contributed by atoms with E-state index in [1.54, 1.807) is 4.68 Å². The quantitative estimate of drug-likeness (QED) is 0.779. The van der Waals surface area contributed by atoms with Gasteiger partial charge in [-0.1, -0.05) is 48.5 Å². The van der Waals surface area contributed by atoms with Crippen LogP contribution in [0.5, 0.6) is 0 Å². The molecular formula is C17H14N4. The maximum absolute atomic E-state index is 9.41. The Morgan fingerprint density at radius 3 is 2.38 bits per heavy atom. The van der Waals surface area contributed by atoms with Crippen LogP contribution in [0.3, 0.4) is 0 Å². The SMILES string of the molecule is Cc1ccccc1-n1nc(-c2ccccc2)c(C#N)c1N. The smallest absolute Gasteiger partial charge is 0.145 e. The van der Waals surface area contributed by atoms with Crippen LogP contribution in [-0.4, -0.2) is 9.78 Å². The van der Waals surface area contributed by atoms with E-state index in [1.807, 2.05) is 61.5 Å². The third-order valence-electron chi connectivity index (χ3n) is 3.42. The zero-order valence-electron chi connectivity index (χ0n) is 11.6. The van der Waals surface area contributed by atoms with Crippen LogP contribution in [-0.2, 0) is 0 Å². The number of hydrogen-bond donors (Lipinski definition) is 1. The number of benzene rings is 2. The molecule has 102 valence electrons. The van der Waals surface area contributed by atoms with Crippen molar-refractivity contribution in [2.45, 2.75) is 6.92 Å². The summed E-state index contributed by atoms with van der Waals surface area (Å²) in [5.41, 5.74) is 9.97. The Kier molecular flexibility index (Phi) is 3.17. The minimum atomic E-state index is 0.366. The topological polar surface area (TPSA) is 67.6 Å². The molecule has 4 heteroatoms. The molecule has 0 atom stereocenters. The summed E-state index contributed by atoms with van der Waals surface area (Å²) in [7, 11) is 0. The molecule has 0 unspecified atom stereocenters. The first-order valence-corrected chi connectivity index (χ1v) is 6.62. The van der Waals surface area contributed by atoms with Crippen molar-refractivity contribution in [1.82, 2.24) is 9.78 Å². The van der Waals surface area contributed by atoms with Crippen molar-refractivity contribution in [3.05, 3.63) is 65.7 Å². The van der Waals surface area contributed by atoms with Crippen molar-refractivity contribution in [2.24, 2.45) is 0 Å². The molecule has 0 aliphatic carbocycles. The highest BCUT2D eigenvalue weighted by Crippen LogP contribution is 2.29. The molecule has 2 N–H and O–H groups in total. The van der Waals surface area contributed by atoms with Gasteiger partial charge in [-0.05, 0) is 18.6 Å². The normalized spacial score (nSPS) is 10.3. The van der Waals surface area contributed by atoms with Crippen molar-refractivity contribution >= 4 is 5.82 Å². The first-order chi connectivity index (χ1) is 10.2. The molecule has 0 spiro atoms. The summed E-state index contributed by atoms with van der Waals surface area (Å²) in [4.78, 5) is 0. The minimum Gasteiger partial charge on any atom is -0.382 e. The number of para-hydroxylation sites is 1. The summed E-state index contributed by atoms with van der Waals surface area (Å²) < 4.78 is 1.64. The first kappa shape index (κ1) is 12.9. The van der Waals surface area contributed by atoms with Crippen LogP contribution in [0.4, 0.5) is 5.82 Å². The molecule has 2 aromatic carbocycles. The molecule has 0 aliphatic heterocycles. The van der Waals surface area contributed by atoms with E-state index in [4.69, 9.17) is 5.73 Å². The number of nitrogen functional groups attached to an aromatic ring is 1. The number of rotatable bonds is 2. The highest BCUT2D eigenvalue weighted by Gasteiger charge is 2.18. The summed E-state index contributed by atoms with van der Waals surface area (Å²) in [6.45, 7) is 1.99. The first-order valence-electron chi connectivity index (χ1n) is 6.62. The minimum absolute atomic E-state index is 0.366. The standard InChI is InChI=1S/C17H14N4/c1-12-7-5-6-10-15(12)21-17(19)14(11-18)16(20-21)13-8-3-2-4-9-13/h2-10H,19H2,1H3. The molecule has 1 aromatic heterocycles. The number of anilines is 1. The van der Waals surface area contributed by atoms with Crippen LogP contribution in [0.15, 0.2) is 54.6 Å². The average Bonchev–Trinajstić information content (AvgIpc) is 2.85. The zero-order chi connectivity index (χ0) is 14.8. The number of nitriles is 1. The number of aryl methyl sites for hydroxylation is 1. The summed E-state index contributed by atoms with van der Waals surface area (Å²) >= 11 is 0. The fourth-order valence-corrected chi connectivity index (χ4v) is 2.32. The van der Waals surface area contributed by atoms with Gasteiger partial charge >= 0.3 is 0 Å². The van der Waals surface area contributed by atoms with E-state index in [-0.39, 0.29) is 0 Å². The van der Waals surface area contributed by atoms with Gasteiger partial charge in [-0.2, -0.15) is 10.4 Å². The highest BCUT2D eigenvalue weighted by atomic mass is 15.3. The molecule has 0 radical (unpaired) electrons. The van der Waals surface area contributed by atoms with Gasteiger partial charge in [0.2, 0.25) is 0 Å². The molecule has 0 aliphatic rings. The molecule has 0 saturated heterocycles. The molecule has 0 bridgehead atoms. The van der Waals surface area contributed by atoms with E-state index in [0.29, 0.717) is 17.1 Å². The number of aromatic nitrogens is 2. The predicted molar refractivity (Wildman–Crippen MR) is 82.9 cm³/mol. The lowest BCUT2D eigenvalue weighted by Crippen LogP contribution is -2.04.